The van der Waals surface area contributed by atoms with Gasteiger partial charge in [0.2, 0.25) is 5.88 Å². The molecule has 1 atom stereocenters. The molecule has 1 unspecified atom stereocenters. The first kappa shape index (κ1) is 20.8. The molecule has 0 bridgehead atoms. The van der Waals surface area contributed by atoms with Crippen LogP contribution in [0.2, 0.25) is 5.02 Å². The van der Waals surface area contributed by atoms with Crippen LogP contribution in [0.5, 0.6) is 11.6 Å². The Kier molecular flexibility index (Phi) is 6.90. The number of carbonyl (C=O) groups excluding carboxylic acids is 1. The van der Waals surface area contributed by atoms with Crippen LogP contribution in [0.4, 0.5) is 13.2 Å². The van der Waals surface area contributed by atoms with Gasteiger partial charge < -0.3 is 14.8 Å². The lowest BCUT2D eigenvalue weighted by atomic mass is 10.2. The van der Waals surface area contributed by atoms with E-state index in [0.29, 0.717) is 16.3 Å². The van der Waals surface area contributed by atoms with Crippen LogP contribution in [0, 0.1) is 6.92 Å². The van der Waals surface area contributed by atoms with Crippen LogP contribution < -0.4 is 14.8 Å². The third-order valence-electron chi connectivity index (χ3n) is 3.46. The molecule has 1 heterocycles. The number of aromatic nitrogens is 1. The van der Waals surface area contributed by atoms with Gasteiger partial charge in [-0.1, -0.05) is 11.6 Å². The van der Waals surface area contributed by atoms with Crippen molar-refractivity contribution in [1.29, 1.82) is 0 Å². The molecule has 5 nitrogen and oxygen atoms in total. The Morgan fingerprint density at radius 3 is 2.70 bits per heavy atom. The van der Waals surface area contributed by atoms with Gasteiger partial charge in [0, 0.05) is 23.8 Å². The van der Waals surface area contributed by atoms with Gasteiger partial charge in [-0.15, -0.1) is 0 Å². The fourth-order valence-electron chi connectivity index (χ4n) is 2.12. The van der Waals surface area contributed by atoms with E-state index >= 15 is 0 Å². The Morgan fingerprint density at radius 2 is 2.04 bits per heavy atom. The predicted octanol–water partition coefficient (Wildman–Crippen LogP) is 4.07. The number of aryl methyl sites for hydroxylation is 1. The average molecular weight is 403 g/mol. The van der Waals surface area contributed by atoms with E-state index in [9.17, 15) is 18.0 Å². The van der Waals surface area contributed by atoms with Gasteiger partial charge >= 0.3 is 6.18 Å². The van der Waals surface area contributed by atoms with Gasteiger partial charge in [0.15, 0.2) is 12.7 Å². The summed E-state index contributed by atoms with van der Waals surface area (Å²) < 4.78 is 46.7. The van der Waals surface area contributed by atoms with Crippen molar-refractivity contribution in [2.45, 2.75) is 32.7 Å². The van der Waals surface area contributed by atoms with Gasteiger partial charge in [-0.25, -0.2) is 4.98 Å². The molecule has 0 saturated heterocycles. The van der Waals surface area contributed by atoms with Crippen LogP contribution in [0.1, 0.15) is 18.1 Å². The molecule has 2 aromatic rings. The summed E-state index contributed by atoms with van der Waals surface area (Å²) in [6.45, 7) is 2.07. The summed E-state index contributed by atoms with van der Waals surface area (Å²) in [4.78, 5) is 15.9. The SMILES string of the molecule is Cc1cc(Cl)ccc1OC(C)C(=O)NCc1ccnc(OCC(F)(F)F)c1. The number of amides is 1. The first-order chi connectivity index (χ1) is 12.6. The Hall–Kier alpha value is -2.48. The van der Waals surface area contributed by atoms with Crippen LogP contribution in [0.3, 0.4) is 0 Å². The molecule has 0 aliphatic rings. The van der Waals surface area contributed by atoms with Crippen LogP contribution >= 0.6 is 11.6 Å². The smallest absolute Gasteiger partial charge is 0.422 e. The number of ether oxygens (including phenoxy) is 2. The zero-order chi connectivity index (χ0) is 20.0. The Balaban J connectivity index is 1.89. The van der Waals surface area contributed by atoms with Gasteiger partial charge in [0.05, 0.1) is 0 Å². The van der Waals surface area contributed by atoms with Gasteiger partial charge in [-0.2, -0.15) is 13.2 Å². The minimum atomic E-state index is -4.45. The monoisotopic (exact) mass is 402 g/mol. The largest absolute Gasteiger partial charge is 0.481 e. The van der Waals surface area contributed by atoms with E-state index < -0.39 is 18.9 Å². The summed E-state index contributed by atoms with van der Waals surface area (Å²) in [6.07, 6.45) is -3.91. The molecule has 0 aliphatic carbocycles. The van der Waals surface area contributed by atoms with Crippen molar-refractivity contribution in [3.8, 4) is 11.6 Å². The summed E-state index contributed by atoms with van der Waals surface area (Å²) in [5.41, 5.74) is 1.34. The van der Waals surface area contributed by atoms with Crippen LogP contribution in [-0.2, 0) is 11.3 Å². The summed E-state index contributed by atoms with van der Waals surface area (Å²) in [6, 6.07) is 7.96. The fourth-order valence-corrected chi connectivity index (χ4v) is 2.34. The zero-order valence-corrected chi connectivity index (χ0v) is 15.4. The van der Waals surface area contributed by atoms with Crippen molar-refractivity contribution in [3.05, 3.63) is 52.7 Å². The van der Waals surface area contributed by atoms with Crippen LogP contribution in [-0.4, -0.2) is 29.8 Å². The minimum Gasteiger partial charge on any atom is -0.481 e. The minimum absolute atomic E-state index is 0.0943. The second kappa shape index (κ2) is 8.94. The quantitative estimate of drug-likeness (QED) is 0.758. The summed E-state index contributed by atoms with van der Waals surface area (Å²) in [7, 11) is 0. The topological polar surface area (TPSA) is 60.5 Å². The van der Waals surface area contributed by atoms with E-state index in [0.717, 1.165) is 5.56 Å². The number of nitrogens with zero attached hydrogens (tertiary/aromatic N) is 1. The van der Waals surface area contributed by atoms with Gasteiger partial charge in [0.1, 0.15) is 5.75 Å². The van der Waals surface area contributed by atoms with E-state index in [1.165, 1.54) is 12.3 Å². The number of benzene rings is 1. The normalized spacial score (nSPS) is 12.4. The first-order valence-electron chi connectivity index (χ1n) is 7.99. The Morgan fingerprint density at radius 1 is 1.30 bits per heavy atom. The molecule has 0 spiro atoms. The lowest BCUT2D eigenvalue weighted by Gasteiger charge is -2.16. The van der Waals surface area contributed by atoms with Crippen molar-refractivity contribution in [1.82, 2.24) is 10.3 Å². The van der Waals surface area contributed by atoms with Crippen molar-refractivity contribution >= 4 is 17.5 Å². The molecule has 0 fully saturated rings. The lowest BCUT2D eigenvalue weighted by Crippen LogP contribution is -2.36. The maximum Gasteiger partial charge on any atom is 0.422 e. The van der Waals surface area contributed by atoms with E-state index in [2.05, 4.69) is 15.0 Å². The van der Waals surface area contributed by atoms with Crippen molar-refractivity contribution in [3.63, 3.8) is 0 Å². The number of hydrogen-bond donors (Lipinski definition) is 1. The van der Waals surface area contributed by atoms with Crippen molar-refractivity contribution in [2.24, 2.45) is 0 Å². The number of rotatable bonds is 7. The van der Waals surface area contributed by atoms with E-state index in [-0.39, 0.29) is 18.3 Å². The van der Waals surface area contributed by atoms with E-state index in [1.807, 2.05) is 6.92 Å². The summed E-state index contributed by atoms with van der Waals surface area (Å²) in [5, 5.41) is 3.22. The van der Waals surface area contributed by atoms with Crippen LogP contribution in [0.15, 0.2) is 36.5 Å². The van der Waals surface area contributed by atoms with Gasteiger partial charge in [0.25, 0.3) is 5.91 Å². The fraction of sp³-hybridized carbons (Fsp3) is 0.333. The van der Waals surface area contributed by atoms with Crippen LogP contribution in [0.25, 0.3) is 0 Å². The summed E-state index contributed by atoms with van der Waals surface area (Å²) in [5.74, 6) is -0.00659. The maximum atomic E-state index is 12.2. The maximum absolute atomic E-state index is 12.2. The van der Waals surface area contributed by atoms with E-state index in [1.54, 1.807) is 31.2 Å². The first-order valence-corrected chi connectivity index (χ1v) is 8.37. The highest BCUT2D eigenvalue weighted by molar-refractivity contribution is 6.30. The zero-order valence-electron chi connectivity index (χ0n) is 14.6. The third-order valence-corrected chi connectivity index (χ3v) is 3.69. The molecular formula is C18H18ClF3N2O3. The predicted molar refractivity (Wildman–Crippen MR) is 93.9 cm³/mol. The molecule has 1 aromatic heterocycles. The highest BCUT2D eigenvalue weighted by Gasteiger charge is 2.28. The third kappa shape index (κ3) is 6.97. The standard InChI is InChI=1S/C18H18ClF3N2O3/c1-11-7-14(19)3-4-15(11)27-12(2)17(25)24-9-13-5-6-23-16(8-13)26-10-18(20,21)22/h3-8,12H,9-10H2,1-2H3,(H,24,25). The number of pyridine rings is 1. The average Bonchev–Trinajstić information content (AvgIpc) is 2.60. The molecule has 0 radical (unpaired) electrons. The molecule has 27 heavy (non-hydrogen) atoms. The molecule has 9 heteroatoms. The van der Waals surface area contributed by atoms with Gasteiger partial charge in [-0.05, 0) is 49.2 Å². The molecule has 0 aliphatic heterocycles. The number of carbonyl (C=O) groups is 1. The molecule has 0 saturated carbocycles. The number of nitrogens with one attached hydrogen (secondary N) is 1. The molecular weight excluding hydrogens is 385 g/mol. The molecule has 146 valence electrons. The lowest BCUT2D eigenvalue weighted by molar-refractivity contribution is -0.154. The van der Waals surface area contributed by atoms with Crippen molar-refractivity contribution in [2.75, 3.05) is 6.61 Å². The summed E-state index contributed by atoms with van der Waals surface area (Å²) >= 11 is 5.88. The molecule has 1 N–H and O–H groups in total. The Bertz CT molecular complexity index is 800. The Labute approximate surface area is 159 Å². The number of halogens is 4. The highest BCUT2D eigenvalue weighted by atomic mass is 35.5. The van der Waals surface area contributed by atoms with E-state index in [4.69, 9.17) is 16.3 Å². The molecule has 1 aromatic carbocycles. The second-order valence-electron chi connectivity index (χ2n) is 5.79. The molecule has 1 amide bonds. The molecule has 2 rings (SSSR count). The highest BCUT2D eigenvalue weighted by Crippen LogP contribution is 2.23. The van der Waals surface area contributed by atoms with Crippen molar-refractivity contribution < 1.29 is 27.4 Å². The number of alkyl halides is 3. The second-order valence-corrected chi connectivity index (χ2v) is 6.23. The number of hydrogen-bond acceptors (Lipinski definition) is 4. The van der Waals surface area contributed by atoms with Gasteiger partial charge in [-0.3, -0.25) is 4.79 Å².